The van der Waals surface area contributed by atoms with Crippen molar-refractivity contribution in [3.8, 4) is 11.5 Å². The van der Waals surface area contributed by atoms with Gasteiger partial charge >= 0.3 is 6.03 Å². The van der Waals surface area contributed by atoms with Gasteiger partial charge < -0.3 is 19.7 Å². The SMILES string of the molecule is O=C1N[C@H](CCC(=O)N2CCCc3ccccc32)C(=O)N1Cc1ccc2c(c1)OCO2. The number of carbonyl (C=O) groups is 3. The van der Waals surface area contributed by atoms with Crippen LogP contribution in [0.2, 0.25) is 0 Å². The van der Waals surface area contributed by atoms with Gasteiger partial charge in [-0.15, -0.1) is 0 Å². The lowest BCUT2D eigenvalue weighted by molar-refractivity contribution is -0.128. The molecule has 0 aromatic heterocycles. The lowest BCUT2D eigenvalue weighted by Gasteiger charge is -2.29. The molecule has 0 spiro atoms. The summed E-state index contributed by atoms with van der Waals surface area (Å²) in [6, 6.07) is 12.1. The lowest BCUT2D eigenvalue weighted by atomic mass is 10.0. The number of hydrogen-bond donors (Lipinski definition) is 1. The summed E-state index contributed by atoms with van der Waals surface area (Å²) < 4.78 is 10.6. The number of nitrogens with zero attached hydrogens (tertiary/aromatic N) is 2. The van der Waals surface area contributed by atoms with E-state index in [1.807, 2.05) is 24.3 Å². The normalized spacial score (nSPS) is 19.4. The van der Waals surface area contributed by atoms with E-state index in [4.69, 9.17) is 9.47 Å². The molecule has 0 saturated carbocycles. The maximum absolute atomic E-state index is 12.8. The highest BCUT2D eigenvalue weighted by Crippen LogP contribution is 2.33. The Kier molecular flexibility index (Phi) is 4.97. The second-order valence-electron chi connectivity index (χ2n) is 7.93. The monoisotopic (exact) mass is 421 g/mol. The van der Waals surface area contributed by atoms with Crippen molar-refractivity contribution in [1.82, 2.24) is 10.2 Å². The van der Waals surface area contributed by atoms with Crippen molar-refractivity contribution >= 4 is 23.5 Å². The summed E-state index contributed by atoms with van der Waals surface area (Å²) in [5.41, 5.74) is 2.89. The number of carbonyl (C=O) groups excluding carboxylic acids is 3. The summed E-state index contributed by atoms with van der Waals surface area (Å²) in [6.07, 6.45) is 2.36. The highest BCUT2D eigenvalue weighted by molar-refractivity contribution is 6.04. The first-order valence-corrected chi connectivity index (χ1v) is 10.5. The summed E-state index contributed by atoms with van der Waals surface area (Å²) in [5, 5.41) is 2.71. The number of fused-ring (bicyclic) bond motifs is 2. The molecule has 2 aromatic carbocycles. The molecule has 3 aliphatic heterocycles. The van der Waals surface area contributed by atoms with E-state index in [1.165, 1.54) is 10.5 Å². The number of urea groups is 1. The molecule has 1 N–H and O–H groups in total. The number of nitrogens with one attached hydrogen (secondary N) is 1. The number of hydrogen-bond acceptors (Lipinski definition) is 5. The van der Waals surface area contributed by atoms with Gasteiger partial charge in [0.05, 0.1) is 6.54 Å². The number of rotatable bonds is 5. The molecule has 1 saturated heterocycles. The maximum Gasteiger partial charge on any atom is 0.325 e. The molecule has 0 radical (unpaired) electrons. The Balaban J connectivity index is 1.21. The zero-order valence-corrected chi connectivity index (χ0v) is 17.0. The van der Waals surface area contributed by atoms with Gasteiger partial charge in [0.25, 0.3) is 5.91 Å². The molecule has 4 amide bonds. The summed E-state index contributed by atoms with van der Waals surface area (Å²) in [4.78, 5) is 41.0. The fourth-order valence-corrected chi connectivity index (χ4v) is 4.34. The molecule has 8 nitrogen and oxygen atoms in total. The van der Waals surface area contributed by atoms with Crippen molar-refractivity contribution in [1.29, 1.82) is 0 Å². The topological polar surface area (TPSA) is 88.2 Å². The summed E-state index contributed by atoms with van der Waals surface area (Å²) in [6.45, 7) is 0.988. The van der Waals surface area contributed by atoms with Crippen molar-refractivity contribution in [3.05, 3.63) is 53.6 Å². The smallest absolute Gasteiger partial charge is 0.325 e. The number of para-hydroxylation sites is 1. The Morgan fingerprint density at radius 1 is 1.10 bits per heavy atom. The second kappa shape index (κ2) is 7.94. The Morgan fingerprint density at radius 3 is 2.84 bits per heavy atom. The minimum Gasteiger partial charge on any atom is -0.454 e. The molecule has 8 heteroatoms. The van der Waals surface area contributed by atoms with Crippen LogP contribution in [0, 0.1) is 0 Å². The molecular formula is C23H23N3O5. The van der Waals surface area contributed by atoms with E-state index in [0.717, 1.165) is 24.1 Å². The van der Waals surface area contributed by atoms with Gasteiger partial charge in [0, 0.05) is 18.7 Å². The van der Waals surface area contributed by atoms with Gasteiger partial charge in [0.15, 0.2) is 11.5 Å². The summed E-state index contributed by atoms with van der Waals surface area (Å²) >= 11 is 0. The second-order valence-corrected chi connectivity index (χ2v) is 7.93. The van der Waals surface area contributed by atoms with Crippen LogP contribution in [-0.2, 0) is 22.6 Å². The Labute approximate surface area is 179 Å². The number of amides is 4. The van der Waals surface area contributed by atoms with Crippen LogP contribution in [0.4, 0.5) is 10.5 Å². The van der Waals surface area contributed by atoms with Gasteiger partial charge in [-0.25, -0.2) is 4.79 Å². The third-order valence-corrected chi connectivity index (χ3v) is 5.94. The fraction of sp³-hybridized carbons (Fsp3) is 0.348. The van der Waals surface area contributed by atoms with E-state index < -0.39 is 12.1 Å². The molecule has 2 aromatic rings. The van der Waals surface area contributed by atoms with E-state index in [2.05, 4.69) is 5.32 Å². The van der Waals surface area contributed by atoms with Crippen LogP contribution in [0.3, 0.4) is 0 Å². The van der Waals surface area contributed by atoms with Crippen molar-refractivity contribution in [2.24, 2.45) is 0 Å². The molecule has 5 rings (SSSR count). The highest BCUT2D eigenvalue weighted by Gasteiger charge is 2.38. The lowest BCUT2D eigenvalue weighted by Crippen LogP contribution is -2.37. The number of aryl methyl sites for hydroxylation is 1. The average molecular weight is 421 g/mol. The first kappa shape index (κ1) is 19.4. The predicted octanol–water partition coefficient (Wildman–Crippen LogP) is 2.60. The van der Waals surface area contributed by atoms with Crippen molar-refractivity contribution in [2.75, 3.05) is 18.2 Å². The van der Waals surface area contributed by atoms with Crippen LogP contribution in [0.15, 0.2) is 42.5 Å². The van der Waals surface area contributed by atoms with Crippen LogP contribution < -0.4 is 19.7 Å². The van der Waals surface area contributed by atoms with Gasteiger partial charge in [-0.3, -0.25) is 14.5 Å². The van der Waals surface area contributed by atoms with Gasteiger partial charge in [-0.2, -0.15) is 0 Å². The molecule has 3 heterocycles. The minimum atomic E-state index is -0.689. The zero-order chi connectivity index (χ0) is 21.4. The fourth-order valence-electron chi connectivity index (χ4n) is 4.34. The summed E-state index contributed by atoms with van der Waals surface area (Å²) in [7, 11) is 0. The summed E-state index contributed by atoms with van der Waals surface area (Å²) in [5.74, 6) is 0.920. The van der Waals surface area contributed by atoms with Crippen LogP contribution in [-0.4, -0.2) is 42.1 Å². The third-order valence-electron chi connectivity index (χ3n) is 5.94. The number of anilines is 1. The van der Waals surface area contributed by atoms with Gasteiger partial charge in [-0.05, 0) is 48.6 Å². The molecule has 0 aliphatic carbocycles. The molecule has 0 unspecified atom stereocenters. The maximum atomic E-state index is 12.8. The highest BCUT2D eigenvalue weighted by atomic mass is 16.7. The van der Waals surface area contributed by atoms with Crippen molar-refractivity contribution in [3.63, 3.8) is 0 Å². The average Bonchev–Trinajstić information content (AvgIpc) is 3.36. The molecular weight excluding hydrogens is 398 g/mol. The van der Waals surface area contributed by atoms with Crippen LogP contribution >= 0.6 is 0 Å². The van der Waals surface area contributed by atoms with E-state index in [9.17, 15) is 14.4 Å². The number of ether oxygens (including phenoxy) is 2. The molecule has 1 fully saturated rings. The Bertz CT molecular complexity index is 1050. The molecule has 1 atom stereocenters. The zero-order valence-electron chi connectivity index (χ0n) is 17.0. The van der Waals surface area contributed by atoms with Gasteiger partial charge in [0.1, 0.15) is 6.04 Å². The Hall–Kier alpha value is -3.55. The first-order valence-electron chi connectivity index (χ1n) is 10.5. The minimum absolute atomic E-state index is 0.0246. The Morgan fingerprint density at radius 2 is 1.94 bits per heavy atom. The van der Waals surface area contributed by atoms with E-state index >= 15 is 0 Å². The van der Waals surface area contributed by atoms with E-state index in [1.54, 1.807) is 23.1 Å². The molecule has 0 bridgehead atoms. The van der Waals surface area contributed by atoms with Crippen molar-refractivity contribution < 1.29 is 23.9 Å². The molecule has 160 valence electrons. The van der Waals surface area contributed by atoms with Crippen LogP contribution in [0.1, 0.15) is 30.4 Å². The van der Waals surface area contributed by atoms with Gasteiger partial charge in [-0.1, -0.05) is 24.3 Å². The standard InChI is InChI=1S/C23H23N3O5/c27-21(25-11-3-5-16-4-1-2-6-18(16)25)10-8-17-22(28)26(23(29)24-17)13-15-7-9-19-20(12-15)31-14-30-19/h1-2,4,6-7,9,12,17H,3,5,8,10-11,13-14H2,(H,24,29)/t17-/m1/s1. The number of imide groups is 1. The quantitative estimate of drug-likeness (QED) is 0.750. The predicted molar refractivity (Wildman–Crippen MR) is 112 cm³/mol. The van der Waals surface area contributed by atoms with Crippen LogP contribution in [0.25, 0.3) is 0 Å². The van der Waals surface area contributed by atoms with Crippen molar-refractivity contribution in [2.45, 2.75) is 38.3 Å². The first-order chi connectivity index (χ1) is 15.1. The van der Waals surface area contributed by atoms with Gasteiger partial charge in [0.2, 0.25) is 12.7 Å². The largest absolute Gasteiger partial charge is 0.454 e. The molecule has 31 heavy (non-hydrogen) atoms. The van der Waals surface area contributed by atoms with E-state index in [-0.39, 0.29) is 38.0 Å². The third kappa shape index (κ3) is 3.69. The molecule has 3 aliphatic rings. The number of benzene rings is 2. The van der Waals surface area contributed by atoms with Crippen LogP contribution in [0.5, 0.6) is 11.5 Å². The van der Waals surface area contributed by atoms with E-state index in [0.29, 0.717) is 18.0 Å².